The van der Waals surface area contributed by atoms with Gasteiger partial charge in [-0.2, -0.15) is 0 Å². The van der Waals surface area contributed by atoms with Crippen molar-refractivity contribution in [3.05, 3.63) is 57.8 Å². The van der Waals surface area contributed by atoms with Crippen molar-refractivity contribution in [1.29, 1.82) is 0 Å². The van der Waals surface area contributed by atoms with Crippen LogP contribution in [0.2, 0.25) is 0 Å². The topological polar surface area (TPSA) is 84.7 Å². The molecule has 1 aromatic heterocycles. The Labute approximate surface area is 151 Å². The van der Waals surface area contributed by atoms with Crippen molar-refractivity contribution in [2.24, 2.45) is 0 Å². The van der Waals surface area contributed by atoms with Crippen LogP contribution < -0.4 is 5.56 Å². The maximum absolute atomic E-state index is 12.6. The van der Waals surface area contributed by atoms with E-state index in [0.29, 0.717) is 18.9 Å². The highest BCUT2D eigenvalue weighted by Gasteiger charge is 2.29. The van der Waals surface area contributed by atoms with Crippen LogP contribution in [-0.4, -0.2) is 39.7 Å². The normalized spacial score (nSPS) is 16.8. The van der Waals surface area contributed by atoms with Crippen LogP contribution >= 0.6 is 0 Å². The number of aromatic nitrogens is 2. The molecule has 7 heteroatoms. The third kappa shape index (κ3) is 3.48. The van der Waals surface area contributed by atoms with Crippen molar-refractivity contribution in [2.45, 2.75) is 38.4 Å². The lowest BCUT2D eigenvalue weighted by molar-refractivity contribution is 0.0588. The standard InChI is InChI=1S/C19H23N3O4/c1-21(12-13-8-4-3-5-9-13)14-10-6-7-11-22-17(14)20-15(19(25)26-2)16(23)18(22)24/h3-5,8-9,14,23H,6-7,10-12H2,1-2H3. The van der Waals surface area contributed by atoms with Gasteiger partial charge in [0.2, 0.25) is 5.75 Å². The summed E-state index contributed by atoms with van der Waals surface area (Å²) >= 11 is 0. The molecule has 0 fully saturated rings. The second-order valence-corrected chi connectivity index (χ2v) is 6.53. The Morgan fingerprint density at radius 3 is 2.77 bits per heavy atom. The summed E-state index contributed by atoms with van der Waals surface area (Å²) in [5.74, 6) is -0.951. The number of benzene rings is 1. The van der Waals surface area contributed by atoms with E-state index in [1.807, 2.05) is 37.4 Å². The molecule has 7 nitrogen and oxygen atoms in total. The lowest BCUT2D eigenvalue weighted by atomic mass is 10.1. The molecule has 1 unspecified atom stereocenters. The van der Waals surface area contributed by atoms with E-state index >= 15 is 0 Å². The molecule has 0 amide bonds. The zero-order valence-corrected chi connectivity index (χ0v) is 15.0. The van der Waals surface area contributed by atoms with E-state index in [9.17, 15) is 14.7 Å². The van der Waals surface area contributed by atoms with Crippen molar-refractivity contribution >= 4 is 5.97 Å². The molecule has 0 aliphatic carbocycles. The van der Waals surface area contributed by atoms with E-state index in [-0.39, 0.29) is 11.7 Å². The Hall–Kier alpha value is -2.67. The summed E-state index contributed by atoms with van der Waals surface area (Å²) in [6.45, 7) is 1.17. The van der Waals surface area contributed by atoms with Crippen molar-refractivity contribution in [1.82, 2.24) is 14.5 Å². The van der Waals surface area contributed by atoms with Crippen molar-refractivity contribution in [3.63, 3.8) is 0 Å². The third-order valence-electron chi connectivity index (χ3n) is 4.77. The molecule has 3 rings (SSSR count). The van der Waals surface area contributed by atoms with Gasteiger partial charge in [0.1, 0.15) is 5.82 Å². The number of esters is 1. The minimum Gasteiger partial charge on any atom is -0.501 e. The number of fused-ring (bicyclic) bond motifs is 1. The molecule has 26 heavy (non-hydrogen) atoms. The minimum atomic E-state index is -0.809. The molecule has 1 aromatic carbocycles. The number of ether oxygens (including phenoxy) is 1. The van der Waals surface area contributed by atoms with Crippen LogP contribution in [0.4, 0.5) is 0 Å². The smallest absolute Gasteiger partial charge is 0.360 e. The van der Waals surface area contributed by atoms with Gasteiger partial charge in [-0.1, -0.05) is 30.3 Å². The summed E-state index contributed by atoms with van der Waals surface area (Å²) in [7, 11) is 3.18. The van der Waals surface area contributed by atoms with Crippen molar-refractivity contribution in [3.8, 4) is 5.75 Å². The van der Waals surface area contributed by atoms with Gasteiger partial charge >= 0.3 is 5.97 Å². The van der Waals surface area contributed by atoms with Crippen LogP contribution in [0.3, 0.4) is 0 Å². The fraction of sp³-hybridized carbons (Fsp3) is 0.421. The Bertz CT molecular complexity index is 848. The second kappa shape index (κ2) is 7.70. The van der Waals surface area contributed by atoms with E-state index in [1.165, 1.54) is 11.7 Å². The van der Waals surface area contributed by atoms with Gasteiger partial charge in [0, 0.05) is 13.1 Å². The van der Waals surface area contributed by atoms with Gasteiger partial charge in [0.05, 0.1) is 13.2 Å². The molecule has 1 atom stereocenters. The molecule has 2 heterocycles. The van der Waals surface area contributed by atoms with Gasteiger partial charge in [0.15, 0.2) is 5.69 Å². The van der Waals surface area contributed by atoms with Gasteiger partial charge in [-0.05, 0) is 31.9 Å². The predicted octanol–water partition coefficient (Wildman–Crippen LogP) is 2.09. The lowest BCUT2D eigenvalue weighted by Gasteiger charge is -2.28. The molecule has 1 aliphatic rings. The average Bonchev–Trinajstić information content (AvgIpc) is 2.87. The van der Waals surface area contributed by atoms with Gasteiger partial charge in [-0.25, -0.2) is 9.78 Å². The summed E-state index contributed by atoms with van der Waals surface area (Å²) in [4.78, 5) is 31.0. The number of methoxy groups -OCH3 is 1. The summed E-state index contributed by atoms with van der Waals surface area (Å²) in [6, 6.07) is 9.90. The molecule has 0 radical (unpaired) electrons. The first kappa shape index (κ1) is 18.1. The van der Waals surface area contributed by atoms with Gasteiger partial charge in [0.25, 0.3) is 5.56 Å². The predicted molar refractivity (Wildman–Crippen MR) is 96.0 cm³/mol. The first-order valence-corrected chi connectivity index (χ1v) is 8.69. The number of rotatable bonds is 4. The quantitative estimate of drug-likeness (QED) is 0.844. The lowest BCUT2D eigenvalue weighted by Crippen LogP contribution is -2.33. The molecule has 1 aliphatic heterocycles. The SMILES string of the molecule is COC(=O)c1nc2n(c(=O)c1O)CCCCC2N(C)Cc1ccccc1. The highest BCUT2D eigenvalue weighted by Crippen LogP contribution is 2.29. The van der Waals surface area contributed by atoms with Crippen LogP contribution in [0.15, 0.2) is 35.1 Å². The molecule has 2 aromatic rings. The first-order chi connectivity index (χ1) is 12.5. The number of aromatic hydroxyl groups is 1. The van der Waals surface area contributed by atoms with E-state index < -0.39 is 17.3 Å². The monoisotopic (exact) mass is 357 g/mol. The Morgan fingerprint density at radius 1 is 1.35 bits per heavy atom. The van der Waals surface area contributed by atoms with Gasteiger partial charge in [-0.3, -0.25) is 14.3 Å². The largest absolute Gasteiger partial charge is 0.501 e. The molecule has 0 spiro atoms. The Balaban J connectivity index is 2.03. The maximum atomic E-state index is 12.6. The fourth-order valence-corrected chi connectivity index (χ4v) is 3.41. The number of hydrogen-bond donors (Lipinski definition) is 1. The highest BCUT2D eigenvalue weighted by atomic mass is 16.5. The number of carbonyl (C=O) groups is 1. The minimum absolute atomic E-state index is 0.130. The molecule has 138 valence electrons. The third-order valence-corrected chi connectivity index (χ3v) is 4.77. The Morgan fingerprint density at radius 2 is 2.08 bits per heavy atom. The van der Waals surface area contributed by atoms with Crippen molar-refractivity contribution in [2.75, 3.05) is 14.2 Å². The van der Waals surface area contributed by atoms with Crippen LogP contribution in [0.1, 0.15) is 47.2 Å². The van der Waals surface area contributed by atoms with Gasteiger partial charge in [-0.15, -0.1) is 0 Å². The molecule has 0 bridgehead atoms. The summed E-state index contributed by atoms with van der Waals surface area (Å²) in [5.41, 5.74) is 0.249. The van der Waals surface area contributed by atoms with Crippen LogP contribution in [0.25, 0.3) is 0 Å². The van der Waals surface area contributed by atoms with E-state index in [1.54, 1.807) is 0 Å². The van der Waals surface area contributed by atoms with Crippen molar-refractivity contribution < 1.29 is 14.6 Å². The zero-order valence-electron chi connectivity index (χ0n) is 15.0. The summed E-state index contributed by atoms with van der Waals surface area (Å²) < 4.78 is 6.15. The first-order valence-electron chi connectivity index (χ1n) is 8.69. The van der Waals surface area contributed by atoms with Gasteiger partial charge < -0.3 is 9.84 Å². The van der Waals surface area contributed by atoms with E-state index in [4.69, 9.17) is 0 Å². The fourth-order valence-electron chi connectivity index (χ4n) is 3.41. The molecular weight excluding hydrogens is 334 g/mol. The molecule has 1 N–H and O–H groups in total. The zero-order chi connectivity index (χ0) is 18.7. The number of nitrogens with zero attached hydrogens (tertiary/aromatic N) is 3. The van der Waals surface area contributed by atoms with Crippen LogP contribution in [0, 0.1) is 0 Å². The number of carbonyl (C=O) groups excluding carboxylic acids is 1. The second-order valence-electron chi connectivity index (χ2n) is 6.53. The maximum Gasteiger partial charge on any atom is 0.360 e. The summed E-state index contributed by atoms with van der Waals surface area (Å²) in [6.07, 6.45) is 2.57. The van der Waals surface area contributed by atoms with Crippen LogP contribution in [0.5, 0.6) is 5.75 Å². The number of hydrogen-bond acceptors (Lipinski definition) is 6. The average molecular weight is 357 g/mol. The highest BCUT2D eigenvalue weighted by molar-refractivity contribution is 5.89. The molecule has 0 saturated heterocycles. The molecular formula is C19H23N3O4. The van der Waals surface area contributed by atoms with E-state index in [2.05, 4.69) is 14.6 Å². The van der Waals surface area contributed by atoms with E-state index in [0.717, 1.165) is 24.8 Å². The molecule has 0 saturated carbocycles. The Kier molecular flexibility index (Phi) is 5.37. The summed E-state index contributed by atoms with van der Waals surface area (Å²) in [5, 5.41) is 10.1. The van der Waals surface area contributed by atoms with Crippen LogP contribution in [-0.2, 0) is 17.8 Å².